The number of nitrogens with zero attached hydrogens (tertiary/aromatic N) is 1. The second-order valence-corrected chi connectivity index (χ2v) is 4.26. The van der Waals surface area contributed by atoms with Gasteiger partial charge in [-0.2, -0.15) is 0 Å². The summed E-state index contributed by atoms with van der Waals surface area (Å²) in [7, 11) is 0. The van der Waals surface area contributed by atoms with E-state index >= 15 is 0 Å². The molecule has 0 saturated carbocycles. The highest BCUT2D eigenvalue weighted by Crippen LogP contribution is 2.25. The highest BCUT2D eigenvalue weighted by molar-refractivity contribution is 9.10. The van der Waals surface area contributed by atoms with Crippen LogP contribution in [0.25, 0.3) is 0 Å². The molecule has 4 nitrogen and oxygen atoms in total. The lowest BCUT2D eigenvalue weighted by Gasteiger charge is -2.09. The van der Waals surface area contributed by atoms with Gasteiger partial charge in [-0.3, -0.25) is 10.4 Å². The van der Waals surface area contributed by atoms with Crippen LogP contribution in [-0.4, -0.2) is 10.8 Å². The monoisotopic (exact) mass is 291 g/mol. The second-order valence-electron chi connectivity index (χ2n) is 3.34. The van der Waals surface area contributed by atoms with Crippen molar-refractivity contribution in [3.05, 3.63) is 52.8 Å². The van der Waals surface area contributed by atoms with Crippen LogP contribution in [0.1, 0.15) is 5.56 Å². The number of rotatable bonds is 3. The molecule has 2 aromatic rings. The topological polar surface area (TPSA) is 72.0 Å². The Morgan fingerprint density at radius 1 is 1.24 bits per heavy atom. The zero-order chi connectivity index (χ0) is 12.3. The number of pyridine rings is 1. The molecule has 5 heteroatoms. The zero-order valence-corrected chi connectivity index (χ0v) is 10.4. The number of halogens is 1. The van der Waals surface area contributed by atoms with E-state index in [2.05, 4.69) is 20.9 Å². The van der Waals surface area contributed by atoms with Crippen molar-refractivity contribution >= 4 is 21.8 Å². The van der Waals surface area contributed by atoms with Crippen LogP contribution in [0.15, 0.2) is 47.2 Å². The first-order valence-electron chi connectivity index (χ1n) is 4.88. The molecule has 1 aromatic heterocycles. The molecule has 0 spiro atoms. The largest absolute Gasteiger partial charge is 0.455 e. The Balaban J connectivity index is 2.30. The average Bonchev–Trinajstić information content (AvgIpc) is 2.32. The lowest BCUT2D eigenvalue weighted by atomic mass is 10.2. The molecule has 0 unspecified atom stereocenters. The Morgan fingerprint density at radius 2 is 1.94 bits per heavy atom. The van der Waals surface area contributed by atoms with Crippen LogP contribution in [0, 0.1) is 5.41 Å². The van der Waals surface area contributed by atoms with Crippen LogP contribution in [0.4, 0.5) is 0 Å². The zero-order valence-electron chi connectivity index (χ0n) is 8.85. The minimum Gasteiger partial charge on any atom is -0.455 e. The molecule has 0 aliphatic rings. The van der Waals surface area contributed by atoms with Crippen LogP contribution >= 0.6 is 15.9 Å². The van der Waals surface area contributed by atoms with Gasteiger partial charge in [0.25, 0.3) is 0 Å². The molecule has 1 heterocycles. The molecule has 0 atom stereocenters. The number of hydrogen-bond acceptors (Lipinski definition) is 3. The molecular formula is C12H10BrN3O. The molecule has 0 aliphatic heterocycles. The van der Waals surface area contributed by atoms with E-state index in [0.29, 0.717) is 17.1 Å². The maximum Gasteiger partial charge on any atom is 0.156 e. The van der Waals surface area contributed by atoms with E-state index in [-0.39, 0.29) is 5.84 Å². The molecule has 0 fully saturated rings. The van der Waals surface area contributed by atoms with Crippen molar-refractivity contribution in [2.45, 2.75) is 0 Å². The van der Waals surface area contributed by atoms with Gasteiger partial charge in [-0.1, -0.05) is 15.9 Å². The number of nitrogen functional groups attached to an aromatic ring is 1. The van der Waals surface area contributed by atoms with Crippen LogP contribution in [0.5, 0.6) is 11.5 Å². The van der Waals surface area contributed by atoms with E-state index in [1.807, 2.05) is 24.3 Å². The molecular weight excluding hydrogens is 282 g/mol. The van der Waals surface area contributed by atoms with E-state index < -0.39 is 0 Å². The summed E-state index contributed by atoms with van der Waals surface area (Å²) in [4.78, 5) is 3.95. The molecule has 0 aliphatic carbocycles. The van der Waals surface area contributed by atoms with Crippen LogP contribution in [0.2, 0.25) is 0 Å². The third kappa shape index (κ3) is 2.82. The molecule has 0 radical (unpaired) electrons. The van der Waals surface area contributed by atoms with Crippen molar-refractivity contribution in [1.29, 1.82) is 5.41 Å². The maximum atomic E-state index is 7.44. The number of aromatic nitrogens is 1. The first kappa shape index (κ1) is 11.6. The summed E-state index contributed by atoms with van der Waals surface area (Å²) >= 11 is 3.35. The van der Waals surface area contributed by atoms with E-state index in [9.17, 15) is 0 Å². The standard InChI is InChI=1S/C12H10BrN3O/c13-8-1-3-9(4-2-8)17-11-7-16-6-5-10(11)12(14)15/h1-7H,(H3,14,15). The number of nitrogens with two attached hydrogens (primary N) is 1. The summed E-state index contributed by atoms with van der Waals surface area (Å²) in [6.07, 6.45) is 3.12. The fraction of sp³-hybridized carbons (Fsp3) is 0. The van der Waals surface area contributed by atoms with E-state index in [1.54, 1.807) is 18.5 Å². The average molecular weight is 292 g/mol. The minimum absolute atomic E-state index is 0.0421. The Kier molecular flexibility index (Phi) is 3.39. The lowest BCUT2D eigenvalue weighted by Crippen LogP contribution is -2.12. The smallest absolute Gasteiger partial charge is 0.156 e. The summed E-state index contributed by atoms with van der Waals surface area (Å²) in [5.41, 5.74) is 5.99. The molecule has 0 amide bonds. The Morgan fingerprint density at radius 3 is 2.59 bits per heavy atom. The van der Waals surface area contributed by atoms with E-state index in [1.165, 1.54) is 0 Å². The maximum absolute atomic E-state index is 7.44. The normalized spacial score (nSPS) is 9.94. The fourth-order valence-corrected chi connectivity index (χ4v) is 1.58. The summed E-state index contributed by atoms with van der Waals surface area (Å²) in [5, 5.41) is 7.44. The summed E-state index contributed by atoms with van der Waals surface area (Å²) in [6, 6.07) is 9.04. The van der Waals surface area contributed by atoms with E-state index in [4.69, 9.17) is 15.9 Å². The van der Waals surface area contributed by atoms with Gasteiger partial charge in [-0.15, -0.1) is 0 Å². The fourth-order valence-electron chi connectivity index (χ4n) is 1.31. The lowest BCUT2D eigenvalue weighted by molar-refractivity contribution is 0.479. The van der Waals surface area contributed by atoms with Gasteiger partial charge in [-0.05, 0) is 30.3 Å². The number of hydrogen-bond donors (Lipinski definition) is 2. The first-order valence-corrected chi connectivity index (χ1v) is 5.68. The molecule has 86 valence electrons. The van der Waals surface area contributed by atoms with Crippen molar-refractivity contribution in [1.82, 2.24) is 4.98 Å². The predicted molar refractivity (Wildman–Crippen MR) is 69.5 cm³/mol. The highest BCUT2D eigenvalue weighted by Gasteiger charge is 2.07. The number of amidine groups is 1. The predicted octanol–water partition coefficient (Wildman–Crippen LogP) is 2.92. The van der Waals surface area contributed by atoms with Crippen LogP contribution < -0.4 is 10.5 Å². The third-order valence-electron chi connectivity index (χ3n) is 2.12. The molecule has 17 heavy (non-hydrogen) atoms. The molecule has 1 aromatic carbocycles. The Hall–Kier alpha value is -1.88. The highest BCUT2D eigenvalue weighted by atomic mass is 79.9. The number of ether oxygens (including phenoxy) is 1. The van der Waals surface area contributed by atoms with Crippen molar-refractivity contribution in [2.75, 3.05) is 0 Å². The van der Waals surface area contributed by atoms with Gasteiger partial charge in [0.1, 0.15) is 11.6 Å². The summed E-state index contributed by atoms with van der Waals surface area (Å²) in [6.45, 7) is 0. The van der Waals surface area contributed by atoms with E-state index in [0.717, 1.165) is 4.47 Å². The van der Waals surface area contributed by atoms with Gasteiger partial charge < -0.3 is 10.5 Å². The summed E-state index contributed by atoms with van der Waals surface area (Å²) < 4.78 is 6.60. The Labute approximate surface area is 107 Å². The van der Waals surface area contributed by atoms with Crippen molar-refractivity contribution in [3.8, 4) is 11.5 Å². The Bertz CT molecular complexity index is 540. The number of benzene rings is 1. The van der Waals surface area contributed by atoms with Crippen molar-refractivity contribution in [2.24, 2.45) is 5.73 Å². The van der Waals surface area contributed by atoms with Gasteiger partial charge >= 0.3 is 0 Å². The summed E-state index contributed by atoms with van der Waals surface area (Å²) in [5.74, 6) is 1.10. The molecule has 3 N–H and O–H groups in total. The molecule has 0 bridgehead atoms. The van der Waals surface area contributed by atoms with Crippen molar-refractivity contribution < 1.29 is 4.74 Å². The quantitative estimate of drug-likeness (QED) is 0.675. The van der Waals surface area contributed by atoms with Gasteiger partial charge in [0.05, 0.1) is 11.8 Å². The minimum atomic E-state index is -0.0421. The number of nitrogens with one attached hydrogen (secondary N) is 1. The van der Waals surface area contributed by atoms with Gasteiger partial charge in [-0.25, -0.2) is 0 Å². The first-order chi connectivity index (χ1) is 8.16. The third-order valence-corrected chi connectivity index (χ3v) is 2.64. The van der Waals surface area contributed by atoms with Crippen LogP contribution in [0.3, 0.4) is 0 Å². The van der Waals surface area contributed by atoms with Crippen LogP contribution in [-0.2, 0) is 0 Å². The van der Waals surface area contributed by atoms with Gasteiger partial charge in [0, 0.05) is 10.7 Å². The van der Waals surface area contributed by atoms with Crippen molar-refractivity contribution in [3.63, 3.8) is 0 Å². The molecule has 0 saturated heterocycles. The second kappa shape index (κ2) is 4.97. The van der Waals surface area contributed by atoms with Gasteiger partial charge in [0.2, 0.25) is 0 Å². The SMILES string of the molecule is N=C(N)c1ccncc1Oc1ccc(Br)cc1. The molecule has 2 rings (SSSR count). The van der Waals surface area contributed by atoms with Gasteiger partial charge in [0.15, 0.2) is 5.75 Å².